The first kappa shape index (κ1) is 23.4. The van der Waals surface area contributed by atoms with Crippen molar-refractivity contribution in [3.05, 3.63) is 58.1 Å². The van der Waals surface area contributed by atoms with E-state index in [4.69, 9.17) is 11.6 Å². The monoisotopic (exact) mass is 464 g/mol. The van der Waals surface area contributed by atoms with Crippen LogP contribution in [0.3, 0.4) is 0 Å². The lowest BCUT2D eigenvalue weighted by molar-refractivity contribution is -0.185. The summed E-state index contributed by atoms with van der Waals surface area (Å²) in [7, 11) is 0. The van der Waals surface area contributed by atoms with Gasteiger partial charge in [-0.15, -0.1) is 0 Å². The molecule has 1 N–H and O–H groups in total. The van der Waals surface area contributed by atoms with E-state index < -0.39 is 24.8 Å². The summed E-state index contributed by atoms with van der Waals surface area (Å²) in [5, 5.41) is 2.71. The van der Waals surface area contributed by atoms with Crippen LogP contribution in [-0.2, 0) is 24.2 Å². The molecule has 0 aliphatic carbocycles. The van der Waals surface area contributed by atoms with Crippen LogP contribution < -0.4 is 5.32 Å². The summed E-state index contributed by atoms with van der Waals surface area (Å²) in [6.07, 6.45) is -8.83. The minimum absolute atomic E-state index is 0.00610. The van der Waals surface area contributed by atoms with Crippen LogP contribution >= 0.6 is 11.6 Å². The molecule has 1 heterocycles. The van der Waals surface area contributed by atoms with Gasteiger partial charge in [0.2, 0.25) is 0 Å². The number of benzene rings is 2. The molecule has 3 rings (SSSR count). The molecule has 0 atom stereocenters. The number of fused-ring (bicyclic) bond motifs is 1. The van der Waals surface area contributed by atoms with Crippen LogP contribution in [0.2, 0.25) is 5.02 Å². The molecule has 0 spiro atoms. The molecule has 2 aromatic carbocycles. The number of halogens is 7. The molecule has 10 heteroatoms. The Morgan fingerprint density at radius 1 is 1.03 bits per heavy atom. The standard InChI is InChI=1S/C21H19ClF6N2O/c22-17-5-4-14-6-8-30(19(31)21(26,27)28)9-7-16(14)18(17)15-3-1-2-13(10-15)11-29-12-20(23,24)25/h1-5,10,29H,6-9,11-12H2. The SMILES string of the molecule is O=C(N1CCc2ccc(Cl)c(-c3cccc(CNCC(F)(F)F)c3)c2CC1)C(F)(F)F. The molecular weight excluding hydrogens is 446 g/mol. The molecule has 1 aliphatic rings. The maximum absolute atomic E-state index is 12.8. The second-order valence-corrected chi connectivity index (χ2v) is 7.68. The molecule has 2 aromatic rings. The largest absolute Gasteiger partial charge is 0.471 e. The number of carbonyl (C=O) groups excluding carboxylic acids is 1. The Bertz CT molecular complexity index is 958. The van der Waals surface area contributed by atoms with E-state index in [2.05, 4.69) is 5.32 Å². The Hall–Kier alpha value is -2.26. The Morgan fingerprint density at radius 3 is 2.42 bits per heavy atom. The van der Waals surface area contributed by atoms with Gasteiger partial charge in [0.25, 0.3) is 0 Å². The number of alkyl halides is 6. The lowest BCUT2D eigenvalue weighted by Gasteiger charge is -2.21. The lowest BCUT2D eigenvalue weighted by Crippen LogP contribution is -2.42. The van der Waals surface area contributed by atoms with Gasteiger partial charge in [-0.1, -0.05) is 35.9 Å². The second-order valence-electron chi connectivity index (χ2n) is 7.27. The summed E-state index contributed by atoms with van der Waals surface area (Å²) in [6, 6.07) is 10.2. The van der Waals surface area contributed by atoms with Crippen molar-refractivity contribution in [2.24, 2.45) is 0 Å². The Kier molecular flexibility index (Phi) is 6.85. The van der Waals surface area contributed by atoms with E-state index >= 15 is 0 Å². The summed E-state index contributed by atoms with van der Waals surface area (Å²) >= 11 is 6.41. The predicted molar refractivity (Wildman–Crippen MR) is 105 cm³/mol. The highest BCUT2D eigenvalue weighted by Gasteiger charge is 2.42. The van der Waals surface area contributed by atoms with Gasteiger partial charge < -0.3 is 10.2 Å². The van der Waals surface area contributed by atoms with Crippen LogP contribution in [0, 0.1) is 0 Å². The molecule has 1 aliphatic heterocycles. The van der Waals surface area contributed by atoms with Crippen LogP contribution in [0.15, 0.2) is 36.4 Å². The zero-order valence-corrected chi connectivity index (χ0v) is 17.0. The highest BCUT2D eigenvalue weighted by Crippen LogP contribution is 2.36. The quantitative estimate of drug-likeness (QED) is 0.635. The number of hydrogen-bond acceptors (Lipinski definition) is 2. The van der Waals surface area contributed by atoms with Crippen molar-refractivity contribution in [2.45, 2.75) is 31.7 Å². The maximum atomic E-state index is 12.8. The molecule has 168 valence electrons. The summed E-state index contributed by atoms with van der Waals surface area (Å²) in [6.45, 7) is -1.30. The third-order valence-electron chi connectivity index (χ3n) is 5.04. The first-order valence-corrected chi connectivity index (χ1v) is 9.86. The summed E-state index contributed by atoms with van der Waals surface area (Å²) in [4.78, 5) is 12.4. The first-order chi connectivity index (χ1) is 14.5. The fourth-order valence-electron chi connectivity index (χ4n) is 3.68. The predicted octanol–water partition coefficient (Wildman–Crippen LogP) is 5.15. The minimum Gasteiger partial charge on any atom is -0.334 e. The second kappa shape index (κ2) is 9.08. The van der Waals surface area contributed by atoms with E-state index in [9.17, 15) is 31.1 Å². The van der Waals surface area contributed by atoms with Crippen molar-refractivity contribution >= 4 is 17.5 Å². The molecule has 0 saturated carbocycles. The number of amides is 1. The normalized spacial score (nSPS) is 14.9. The van der Waals surface area contributed by atoms with Gasteiger partial charge in [-0.25, -0.2) is 0 Å². The minimum atomic E-state index is -4.94. The van der Waals surface area contributed by atoms with Crippen LogP contribution in [0.5, 0.6) is 0 Å². The smallest absolute Gasteiger partial charge is 0.334 e. The number of hydrogen-bond donors (Lipinski definition) is 1. The van der Waals surface area contributed by atoms with Gasteiger partial charge in [-0.2, -0.15) is 26.3 Å². The van der Waals surface area contributed by atoms with E-state index in [-0.39, 0.29) is 32.5 Å². The van der Waals surface area contributed by atoms with E-state index in [1.54, 1.807) is 36.4 Å². The van der Waals surface area contributed by atoms with Crippen LogP contribution in [0.1, 0.15) is 16.7 Å². The zero-order valence-electron chi connectivity index (χ0n) is 16.2. The van der Waals surface area contributed by atoms with Crippen molar-refractivity contribution in [1.29, 1.82) is 0 Å². The van der Waals surface area contributed by atoms with Crippen LogP contribution in [0.4, 0.5) is 26.3 Å². The molecule has 0 saturated heterocycles. The molecule has 0 aromatic heterocycles. The van der Waals surface area contributed by atoms with Gasteiger partial charge in [0, 0.05) is 30.2 Å². The fourth-order valence-corrected chi connectivity index (χ4v) is 3.96. The highest BCUT2D eigenvalue weighted by atomic mass is 35.5. The molecule has 0 fully saturated rings. The van der Waals surface area contributed by atoms with Crippen molar-refractivity contribution in [1.82, 2.24) is 10.2 Å². The van der Waals surface area contributed by atoms with Gasteiger partial charge in [0.15, 0.2) is 0 Å². The molecular formula is C21H19ClF6N2O. The third-order valence-corrected chi connectivity index (χ3v) is 5.36. The van der Waals surface area contributed by atoms with E-state index in [1.807, 2.05) is 0 Å². The van der Waals surface area contributed by atoms with Gasteiger partial charge in [-0.05, 0) is 47.2 Å². The van der Waals surface area contributed by atoms with Gasteiger partial charge >= 0.3 is 18.3 Å². The lowest BCUT2D eigenvalue weighted by atomic mass is 9.92. The van der Waals surface area contributed by atoms with Crippen LogP contribution in [-0.4, -0.2) is 42.8 Å². The molecule has 1 amide bonds. The number of rotatable bonds is 4. The molecule has 31 heavy (non-hydrogen) atoms. The summed E-state index contributed by atoms with van der Waals surface area (Å²) < 4.78 is 75.6. The van der Waals surface area contributed by atoms with Gasteiger partial charge in [-0.3, -0.25) is 4.79 Å². The molecule has 0 radical (unpaired) electrons. The third kappa shape index (κ3) is 5.92. The number of nitrogens with zero attached hydrogens (tertiary/aromatic N) is 1. The van der Waals surface area contributed by atoms with Gasteiger partial charge in [0.05, 0.1) is 6.54 Å². The molecule has 3 nitrogen and oxygen atoms in total. The molecule has 0 unspecified atom stereocenters. The Morgan fingerprint density at radius 2 is 1.74 bits per heavy atom. The van der Waals surface area contributed by atoms with E-state index in [0.717, 1.165) is 16.0 Å². The fraction of sp³-hybridized carbons (Fsp3) is 0.381. The first-order valence-electron chi connectivity index (χ1n) is 9.49. The number of carbonyl (C=O) groups is 1. The number of nitrogens with one attached hydrogen (secondary N) is 1. The molecule has 0 bridgehead atoms. The van der Waals surface area contributed by atoms with Crippen molar-refractivity contribution < 1.29 is 31.1 Å². The summed E-state index contributed by atoms with van der Waals surface area (Å²) in [5.41, 5.74) is 3.42. The maximum Gasteiger partial charge on any atom is 0.471 e. The Labute approximate surface area is 180 Å². The van der Waals surface area contributed by atoms with Crippen LogP contribution in [0.25, 0.3) is 11.1 Å². The topological polar surface area (TPSA) is 32.3 Å². The summed E-state index contributed by atoms with van der Waals surface area (Å²) in [5.74, 6) is -1.87. The zero-order chi connectivity index (χ0) is 22.8. The van der Waals surface area contributed by atoms with Crippen molar-refractivity contribution in [2.75, 3.05) is 19.6 Å². The van der Waals surface area contributed by atoms with Crippen molar-refractivity contribution in [3.63, 3.8) is 0 Å². The van der Waals surface area contributed by atoms with Crippen molar-refractivity contribution in [3.8, 4) is 11.1 Å². The average Bonchev–Trinajstić information content (AvgIpc) is 2.88. The highest BCUT2D eigenvalue weighted by molar-refractivity contribution is 6.33. The average molecular weight is 465 g/mol. The Balaban J connectivity index is 1.87. The van der Waals surface area contributed by atoms with Gasteiger partial charge in [0.1, 0.15) is 0 Å². The van der Waals surface area contributed by atoms with E-state index in [1.165, 1.54) is 0 Å². The van der Waals surface area contributed by atoms with E-state index in [0.29, 0.717) is 21.7 Å².